The third-order valence-corrected chi connectivity index (χ3v) is 6.73. The molecule has 0 unspecified atom stereocenters. The van der Waals surface area contributed by atoms with E-state index in [-0.39, 0.29) is 7.12 Å². The fraction of sp³-hybridized carbons (Fsp3) is 0.579. The van der Waals surface area contributed by atoms with Crippen LogP contribution in [0.1, 0.15) is 37.8 Å². The second-order valence-electron chi connectivity index (χ2n) is 8.22. The molecule has 0 radical (unpaired) electrons. The van der Waals surface area contributed by atoms with Gasteiger partial charge in [0.05, 0.1) is 18.5 Å². The van der Waals surface area contributed by atoms with Gasteiger partial charge in [-0.1, -0.05) is 32.0 Å². The minimum absolute atomic E-state index is 0.124. The molecule has 4 aliphatic rings. The van der Waals surface area contributed by atoms with Crippen LogP contribution in [0.15, 0.2) is 28.9 Å². The van der Waals surface area contributed by atoms with E-state index in [1.807, 2.05) is 6.26 Å². The third-order valence-electron chi connectivity index (χ3n) is 6.73. The first-order chi connectivity index (χ1) is 11.0. The second kappa shape index (κ2) is 4.64. The molecule has 120 valence electrons. The minimum Gasteiger partial charge on any atom is -0.464 e. The topological polar surface area (TPSA) is 31.6 Å². The summed E-state index contributed by atoms with van der Waals surface area (Å²) in [5.41, 5.74) is 3.79. The summed E-state index contributed by atoms with van der Waals surface area (Å²) in [5.74, 6) is 1.48. The van der Waals surface area contributed by atoms with Gasteiger partial charge in [-0.05, 0) is 48.1 Å². The monoisotopic (exact) mass is 310 g/mol. The number of para-hydroxylation sites is 1. The lowest BCUT2D eigenvalue weighted by Gasteiger charge is -2.60. The van der Waals surface area contributed by atoms with Crippen molar-refractivity contribution in [2.24, 2.45) is 17.3 Å². The molecule has 1 aliphatic heterocycles. The molecule has 1 aromatic heterocycles. The van der Waals surface area contributed by atoms with Crippen LogP contribution < -0.4 is 0 Å². The summed E-state index contributed by atoms with van der Waals surface area (Å²) < 4.78 is 18.3. The highest BCUT2D eigenvalue weighted by molar-refractivity contribution is 6.45. The van der Waals surface area contributed by atoms with Gasteiger partial charge in [0.2, 0.25) is 0 Å². The zero-order valence-electron chi connectivity index (χ0n) is 14.0. The van der Waals surface area contributed by atoms with E-state index in [0.717, 1.165) is 24.2 Å². The van der Waals surface area contributed by atoms with E-state index in [4.69, 9.17) is 13.7 Å². The van der Waals surface area contributed by atoms with Gasteiger partial charge in [-0.3, -0.25) is 0 Å². The summed E-state index contributed by atoms with van der Waals surface area (Å²) in [6.07, 6.45) is 5.72. The smallest absolute Gasteiger partial charge is 0.462 e. The van der Waals surface area contributed by atoms with Crippen molar-refractivity contribution in [2.45, 2.75) is 52.1 Å². The first kappa shape index (κ1) is 14.1. The largest absolute Gasteiger partial charge is 0.464 e. The van der Waals surface area contributed by atoms with Crippen molar-refractivity contribution < 1.29 is 13.7 Å². The number of hydrogen-bond donors (Lipinski definition) is 0. The summed E-state index contributed by atoms with van der Waals surface area (Å²) in [6.45, 7) is 6.87. The van der Waals surface area contributed by atoms with Crippen molar-refractivity contribution in [3.05, 3.63) is 35.6 Å². The number of fused-ring (bicyclic) bond motifs is 1. The molecular formula is C19H23BO3. The average molecular weight is 310 g/mol. The van der Waals surface area contributed by atoms with Gasteiger partial charge in [0, 0.05) is 11.7 Å². The Kier molecular flexibility index (Phi) is 2.85. The molecule has 23 heavy (non-hydrogen) atoms. The molecule has 0 N–H and O–H groups in total. The molecule has 4 atom stereocenters. The summed E-state index contributed by atoms with van der Waals surface area (Å²) in [7, 11) is -0.124. The van der Waals surface area contributed by atoms with Crippen molar-refractivity contribution in [1.29, 1.82) is 0 Å². The zero-order chi connectivity index (χ0) is 15.8. The highest BCUT2D eigenvalue weighted by Gasteiger charge is 2.61. The minimum atomic E-state index is -0.124. The molecule has 0 amide bonds. The van der Waals surface area contributed by atoms with Crippen LogP contribution >= 0.6 is 0 Å². The van der Waals surface area contributed by atoms with E-state index in [2.05, 4.69) is 39.0 Å². The number of hydrogen-bond acceptors (Lipinski definition) is 3. The number of aryl methyl sites for hydroxylation is 1. The maximum Gasteiger partial charge on any atom is 0.462 e. The summed E-state index contributed by atoms with van der Waals surface area (Å²) in [4.78, 5) is 0. The van der Waals surface area contributed by atoms with Gasteiger partial charge >= 0.3 is 7.12 Å². The molecule has 0 spiro atoms. The number of furan rings is 1. The van der Waals surface area contributed by atoms with Crippen LogP contribution in [-0.4, -0.2) is 19.3 Å². The first-order valence-corrected chi connectivity index (χ1v) is 8.80. The van der Waals surface area contributed by atoms with Gasteiger partial charge in [0.15, 0.2) is 0 Å². The Morgan fingerprint density at radius 3 is 2.91 bits per heavy atom. The van der Waals surface area contributed by atoms with Gasteiger partial charge in [0.25, 0.3) is 0 Å². The maximum atomic E-state index is 6.34. The van der Waals surface area contributed by atoms with Crippen LogP contribution in [0.2, 0.25) is 0 Å². The predicted octanol–water partition coefficient (Wildman–Crippen LogP) is 4.16. The van der Waals surface area contributed by atoms with Crippen LogP contribution in [0, 0.1) is 24.2 Å². The first-order valence-electron chi connectivity index (χ1n) is 8.80. The van der Waals surface area contributed by atoms with E-state index in [9.17, 15) is 0 Å². The Morgan fingerprint density at radius 2 is 2.09 bits per heavy atom. The van der Waals surface area contributed by atoms with Gasteiger partial charge in [-0.2, -0.15) is 0 Å². The summed E-state index contributed by atoms with van der Waals surface area (Å²) >= 11 is 0. The molecule has 2 aromatic rings. The molecule has 2 bridgehead atoms. The lowest BCUT2D eigenvalue weighted by molar-refractivity contribution is -0.150. The average Bonchev–Trinajstić information content (AvgIpc) is 3.11. The van der Waals surface area contributed by atoms with E-state index in [1.54, 1.807) is 0 Å². The van der Waals surface area contributed by atoms with Crippen LogP contribution in [0.4, 0.5) is 0 Å². The van der Waals surface area contributed by atoms with E-state index >= 15 is 0 Å². The number of rotatable bonds is 2. The van der Waals surface area contributed by atoms with Gasteiger partial charge in [-0.25, -0.2) is 0 Å². The summed E-state index contributed by atoms with van der Waals surface area (Å²) in [5, 5.41) is 1.19. The Labute approximate surface area is 137 Å². The Hall–Kier alpha value is -1.26. The van der Waals surface area contributed by atoms with Crippen LogP contribution in [-0.2, 0) is 15.6 Å². The Bertz CT molecular complexity index is 765. The molecule has 1 aromatic carbocycles. The SMILES string of the molecule is Cc1cccc2c(CB3O[C@H]4[C@H]5C[C@@H](C[C@H]4O3)C5(C)C)coc12. The molecule has 4 heteroatoms. The Morgan fingerprint density at radius 1 is 1.22 bits per heavy atom. The molecule has 3 saturated carbocycles. The summed E-state index contributed by atoms with van der Waals surface area (Å²) in [6, 6.07) is 6.30. The molecule has 6 rings (SSSR count). The van der Waals surface area contributed by atoms with Crippen molar-refractivity contribution >= 4 is 18.1 Å². The molecular weight excluding hydrogens is 287 g/mol. The molecule has 1 saturated heterocycles. The van der Waals surface area contributed by atoms with Crippen molar-refractivity contribution in [2.75, 3.05) is 0 Å². The van der Waals surface area contributed by atoms with Crippen LogP contribution in [0.25, 0.3) is 11.0 Å². The second-order valence-corrected chi connectivity index (χ2v) is 8.22. The van der Waals surface area contributed by atoms with Gasteiger partial charge < -0.3 is 13.7 Å². The highest BCUT2D eigenvalue weighted by atomic mass is 16.7. The molecule has 4 fully saturated rings. The molecule has 2 heterocycles. The lowest BCUT2D eigenvalue weighted by Crippen LogP contribution is -2.59. The standard InChI is InChI=1S/C19H23BO3/c1-11-5-4-6-14-12(10-21-17(11)14)9-20-22-16-8-13-7-15(18(16)23-20)19(13,2)3/h4-6,10,13,15-16,18H,7-9H2,1-3H3/t13-,15+,16+,18-/m0/s1. The van der Waals surface area contributed by atoms with E-state index in [1.165, 1.54) is 22.9 Å². The third kappa shape index (κ3) is 1.91. The fourth-order valence-electron chi connectivity index (χ4n) is 5.09. The van der Waals surface area contributed by atoms with Gasteiger partial charge in [0.1, 0.15) is 5.58 Å². The molecule has 3 aliphatic carbocycles. The normalized spacial score (nSPS) is 34.5. The van der Waals surface area contributed by atoms with Crippen molar-refractivity contribution in [1.82, 2.24) is 0 Å². The zero-order valence-corrected chi connectivity index (χ0v) is 14.0. The van der Waals surface area contributed by atoms with E-state index in [0.29, 0.717) is 23.5 Å². The van der Waals surface area contributed by atoms with Crippen LogP contribution in [0.3, 0.4) is 0 Å². The van der Waals surface area contributed by atoms with Crippen molar-refractivity contribution in [3.8, 4) is 0 Å². The maximum absolute atomic E-state index is 6.34. The van der Waals surface area contributed by atoms with Gasteiger partial charge in [-0.15, -0.1) is 0 Å². The number of benzene rings is 1. The Balaban J connectivity index is 1.37. The fourth-order valence-corrected chi connectivity index (χ4v) is 5.09. The van der Waals surface area contributed by atoms with Crippen molar-refractivity contribution in [3.63, 3.8) is 0 Å². The molecule has 3 nitrogen and oxygen atoms in total. The predicted molar refractivity (Wildman–Crippen MR) is 90.2 cm³/mol. The highest BCUT2D eigenvalue weighted by Crippen LogP contribution is 2.61. The van der Waals surface area contributed by atoms with Crippen LogP contribution in [0.5, 0.6) is 0 Å². The lowest BCUT2D eigenvalue weighted by atomic mass is 9.47. The quantitative estimate of drug-likeness (QED) is 0.781. The van der Waals surface area contributed by atoms with E-state index < -0.39 is 0 Å².